The van der Waals surface area contributed by atoms with Gasteiger partial charge < -0.3 is 20.3 Å². The molecule has 2 N–H and O–H groups in total. The van der Waals surface area contributed by atoms with E-state index in [0.717, 1.165) is 38.3 Å². The van der Waals surface area contributed by atoms with Crippen molar-refractivity contribution in [3.8, 4) is 0 Å². The number of hydrogen-bond acceptors (Lipinski definition) is 3. The highest BCUT2D eigenvalue weighted by atomic mass is 127. The van der Waals surface area contributed by atoms with Gasteiger partial charge in [-0.15, -0.1) is 24.0 Å². The predicted octanol–water partition coefficient (Wildman–Crippen LogP) is 1.82. The van der Waals surface area contributed by atoms with Crippen LogP contribution in [-0.2, 0) is 4.74 Å². The molecule has 0 aromatic heterocycles. The van der Waals surface area contributed by atoms with E-state index in [0.29, 0.717) is 6.04 Å². The number of guanidine groups is 1. The summed E-state index contributed by atoms with van der Waals surface area (Å²) in [5.74, 6) is 0.982. The first-order valence-corrected chi connectivity index (χ1v) is 8.55. The Morgan fingerprint density at radius 1 is 1.23 bits per heavy atom. The summed E-state index contributed by atoms with van der Waals surface area (Å²) in [5.41, 5.74) is 0.248. The fourth-order valence-corrected chi connectivity index (χ4v) is 3.17. The molecule has 0 amide bonds. The van der Waals surface area contributed by atoms with Crippen LogP contribution >= 0.6 is 24.0 Å². The Bertz CT molecular complexity index is 374. The molecule has 0 aromatic carbocycles. The maximum Gasteiger partial charge on any atom is 0.191 e. The van der Waals surface area contributed by atoms with Crippen LogP contribution in [-0.4, -0.2) is 62.3 Å². The third-order valence-corrected chi connectivity index (χ3v) is 4.80. The lowest BCUT2D eigenvalue weighted by Crippen LogP contribution is -2.50. The molecule has 3 fully saturated rings. The molecule has 0 radical (unpaired) electrons. The number of piperidine rings is 1. The molecule has 2 aliphatic heterocycles. The Morgan fingerprint density at radius 2 is 1.91 bits per heavy atom. The Kier molecular flexibility index (Phi) is 6.76. The van der Waals surface area contributed by atoms with Gasteiger partial charge in [-0.2, -0.15) is 0 Å². The van der Waals surface area contributed by atoms with E-state index in [4.69, 9.17) is 9.73 Å². The van der Waals surface area contributed by atoms with Gasteiger partial charge in [0.15, 0.2) is 5.96 Å². The third-order valence-electron chi connectivity index (χ3n) is 4.80. The van der Waals surface area contributed by atoms with Crippen LogP contribution in [0.3, 0.4) is 0 Å². The van der Waals surface area contributed by atoms with Crippen LogP contribution in [0.15, 0.2) is 4.99 Å². The minimum Gasteiger partial charge on any atom is -0.380 e. The van der Waals surface area contributed by atoms with E-state index in [1.54, 1.807) is 0 Å². The number of hydrogen-bond donors (Lipinski definition) is 2. The molecule has 0 bridgehead atoms. The second-order valence-electron chi connectivity index (χ2n) is 7.18. The molecule has 5 nitrogen and oxygen atoms in total. The monoisotopic (exact) mass is 422 g/mol. The van der Waals surface area contributed by atoms with Crippen molar-refractivity contribution in [3.63, 3.8) is 0 Å². The van der Waals surface area contributed by atoms with E-state index in [-0.39, 0.29) is 29.4 Å². The maximum atomic E-state index is 5.30. The van der Waals surface area contributed by atoms with Crippen LogP contribution in [0, 0.1) is 5.41 Å². The number of nitrogens with zero attached hydrogens (tertiary/aromatic N) is 2. The number of likely N-dealkylation sites (tertiary alicyclic amines) is 1. The zero-order valence-corrected chi connectivity index (χ0v) is 16.3. The number of rotatable bonds is 5. The highest BCUT2D eigenvalue weighted by molar-refractivity contribution is 14.0. The minimum atomic E-state index is 0. The van der Waals surface area contributed by atoms with Gasteiger partial charge in [0.1, 0.15) is 0 Å². The van der Waals surface area contributed by atoms with Gasteiger partial charge in [-0.05, 0) is 32.6 Å². The summed E-state index contributed by atoms with van der Waals surface area (Å²) in [6.07, 6.45) is 5.31. The number of ether oxygens (including phenoxy) is 1. The number of aliphatic imine (C=N–C) groups is 1. The molecule has 22 heavy (non-hydrogen) atoms. The SMILES string of the molecule is CCNC(=NCC1(C)COC1)NC1CCN(C2CC2)CC1.I. The molecular weight excluding hydrogens is 391 g/mol. The van der Waals surface area contributed by atoms with Crippen LogP contribution in [0.25, 0.3) is 0 Å². The van der Waals surface area contributed by atoms with Gasteiger partial charge in [-0.1, -0.05) is 6.92 Å². The molecule has 1 saturated carbocycles. The minimum absolute atomic E-state index is 0. The second-order valence-corrected chi connectivity index (χ2v) is 7.18. The summed E-state index contributed by atoms with van der Waals surface area (Å²) in [5, 5.41) is 7.01. The first kappa shape index (κ1) is 18.3. The quantitative estimate of drug-likeness (QED) is 0.403. The highest BCUT2D eigenvalue weighted by Crippen LogP contribution is 2.29. The van der Waals surface area contributed by atoms with Crippen molar-refractivity contribution >= 4 is 29.9 Å². The molecule has 128 valence electrons. The van der Waals surface area contributed by atoms with Gasteiger partial charge in [0, 0.05) is 37.1 Å². The fourth-order valence-electron chi connectivity index (χ4n) is 3.17. The summed E-state index contributed by atoms with van der Waals surface area (Å²) in [7, 11) is 0. The van der Waals surface area contributed by atoms with E-state index in [2.05, 4.69) is 29.4 Å². The van der Waals surface area contributed by atoms with E-state index in [9.17, 15) is 0 Å². The molecule has 1 aliphatic carbocycles. The van der Waals surface area contributed by atoms with Crippen molar-refractivity contribution in [2.45, 2.75) is 51.6 Å². The molecule has 0 unspecified atom stereocenters. The Labute approximate surface area is 151 Å². The maximum absolute atomic E-state index is 5.30. The Balaban J connectivity index is 0.00000176. The lowest BCUT2D eigenvalue weighted by molar-refractivity contribution is -0.0945. The van der Waals surface area contributed by atoms with Crippen molar-refractivity contribution in [3.05, 3.63) is 0 Å². The molecule has 6 heteroatoms. The summed E-state index contributed by atoms with van der Waals surface area (Å²) in [6, 6.07) is 1.48. The lowest BCUT2D eigenvalue weighted by Gasteiger charge is -2.37. The number of halogens is 1. The molecule has 3 rings (SSSR count). The average molecular weight is 422 g/mol. The fraction of sp³-hybridized carbons (Fsp3) is 0.938. The molecule has 2 heterocycles. The summed E-state index contributed by atoms with van der Waals surface area (Å²) >= 11 is 0. The number of nitrogens with one attached hydrogen (secondary N) is 2. The van der Waals surface area contributed by atoms with E-state index < -0.39 is 0 Å². The third kappa shape index (κ3) is 4.96. The lowest BCUT2D eigenvalue weighted by atomic mass is 9.89. The zero-order chi connectivity index (χ0) is 14.7. The van der Waals surface area contributed by atoms with Crippen molar-refractivity contribution in [2.75, 3.05) is 39.4 Å². The molecule has 0 atom stereocenters. The van der Waals surface area contributed by atoms with Gasteiger partial charge in [0.2, 0.25) is 0 Å². The van der Waals surface area contributed by atoms with Gasteiger partial charge >= 0.3 is 0 Å². The standard InChI is InChI=1S/C16H30N4O.HI/c1-3-17-15(18-10-16(2)11-21-12-16)19-13-6-8-20(9-7-13)14-4-5-14;/h13-14H,3-12H2,1-2H3,(H2,17,18,19);1H. The van der Waals surface area contributed by atoms with Crippen molar-refractivity contribution < 1.29 is 4.74 Å². The second kappa shape index (κ2) is 8.15. The highest BCUT2D eigenvalue weighted by Gasteiger charge is 2.34. The average Bonchev–Trinajstić information content (AvgIpc) is 3.28. The summed E-state index contributed by atoms with van der Waals surface area (Å²) < 4.78 is 5.30. The van der Waals surface area contributed by atoms with Crippen molar-refractivity contribution in [1.29, 1.82) is 0 Å². The Hall–Kier alpha value is -0.0800. The summed E-state index contributed by atoms with van der Waals surface area (Å²) in [6.45, 7) is 10.3. The van der Waals surface area contributed by atoms with Gasteiger partial charge in [0.25, 0.3) is 0 Å². The van der Waals surface area contributed by atoms with E-state index in [1.165, 1.54) is 38.8 Å². The van der Waals surface area contributed by atoms with Crippen LogP contribution in [0.2, 0.25) is 0 Å². The summed E-state index contributed by atoms with van der Waals surface area (Å²) in [4.78, 5) is 7.43. The molecule has 3 aliphatic rings. The first-order chi connectivity index (χ1) is 10.2. The molecule has 0 aromatic rings. The van der Waals surface area contributed by atoms with E-state index in [1.807, 2.05) is 0 Å². The molecule has 2 saturated heterocycles. The Morgan fingerprint density at radius 3 is 2.41 bits per heavy atom. The van der Waals surface area contributed by atoms with Gasteiger partial charge in [-0.25, -0.2) is 0 Å². The zero-order valence-electron chi connectivity index (χ0n) is 13.9. The van der Waals surface area contributed by atoms with E-state index >= 15 is 0 Å². The normalized spacial score (nSPS) is 26.0. The van der Waals surface area contributed by atoms with Crippen LogP contribution in [0.1, 0.15) is 39.5 Å². The topological polar surface area (TPSA) is 48.9 Å². The van der Waals surface area contributed by atoms with Crippen LogP contribution in [0.4, 0.5) is 0 Å². The smallest absolute Gasteiger partial charge is 0.191 e. The van der Waals surface area contributed by atoms with Crippen molar-refractivity contribution in [1.82, 2.24) is 15.5 Å². The van der Waals surface area contributed by atoms with Crippen LogP contribution in [0.5, 0.6) is 0 Å². The molecular formula is C16H31IN4O. The van der Waals surface area contributed by atoms with Crippen molar-refractivity contribution in [2.24, 2.45) is 10.4 Å². The largest absolute Gasteiger partial charge is 0.380 e. The van der Waals surface area contributed by atoms with Crippen LogP contribution < -0.4 is 10.6 Å². The molecule has 0 spiro atoms. The van der Waals surface area contributed by atoms with Gasteiger partial charge in [-0.3, -0.25) is 4.99 Å². The van der Waals surface area contributed by atoms with Gasteiger partial charge in [0.05, 0.1) is 19.8 Å². The predicted molar refractivity (Wildman–Crippen MR) is 101 cm³/mol. The first-order valence-electron chi connectivity index (χ1n) is 8.55.